The van der Waals surface area contributed by atoms with Crippen LogP contribution in [0.2, 0.25) is 0 Å². The molecular formula is C23H20O. The van der Waals surface area contributed by atoms with Crippen molar-refractivity contribution >= 4 is 11.1 Å². The summed E-state index contributed by atoms with van der Waals surface area (Å²) in [5, 5.41) is 0. The monoisotopic (exact) mass is 312 g/mol. The number of hydrogen-bond acceptors (Lipinski definition) is 1. The van der Waals surface area contributed by atoms with Crippen molar-refractivity contribution in [2.45, 2.75) is 12.8 Å². The van der Waals surface area contributed by atoms with Crippen molar-refractivity contribution in [1.82, 2.24) is 0 Å². The summed E-state index contributed by atoms with van der Waals surface area (Å²) in [6.07, 6.45) is 1.85. The second kappa shape index (κ2) is 6.76. The quantitative estimate of drug-likeness (QED) is 0.609. The van der Waals surface area contributed by atoms with Gasteiger partial charge in [0.15, 0.2) is 0 Å². The summed E-state index contributed by atoms with van der Waals surface area (Å²) in [7, 11) is 0. The Balaban J connectivity index is 1.89. The van der Waals surface area contributed by atoms with Crippen LogP contribution >= 0.6 is 0 Å². The zero-order chi connectivity index (χ0) is 16.2. The van der Waals surface area contributed by atoms with Gasteiger partial charge in [-0.1, -0.05) is 78.9 Å². The van der Waals surface area contributed by atoms with Crippen LogP contribution in [0.3, 0.4) is 0 Å². The van der Waals surface area contributed by atoms with Crippen LogP contribution in [0.1, 0.15) is 23.1 Å². The van der Waals surface area contributed by atoms with Gasteiger partial charge in [0.25, 0.3) is 0 Å². The van der Waals surface area contributed by atoms with Crippen molar-refractivity contribution in [2.24, 2.45) is 0 Å². The van der Waals surface area contributed by atoms with Crippen LogP contribution in [0.4, 0.5) is 0 Å². The van der Waals surface area contributed by atoms with Crippen LogP contribution in [0.15, 0.2) is 84.9 Å². The summed E-state index contributed by atoms with van der Waals surface area (Å²) in [6, 6.07) is 29.8. The molecule has 1 aliphatic heterocycles. The third-order valence-corrected chi connectivity index (χ3v) is 4.53. The highest BCUT2D eigenvalue weighted by molar-refractivity contribution is 5.93. The average molecular weight is 312 g/mol. The van der Waals surface area contributed by atoms with Crippen molar-refractivity contribution in [3.8, 4) is 5.75 Å². The molecule has 4 rings (SSSR count). The Labute approximate surface area is 143 Å². The van der Waals surface area contributed by atoms with E-state index in [0.717, 1.165) is 25.2 Å². The van der Waals surface area contributed by atoms with Crippen LogP contribution in [-0.2, 0) is 6.42 Å². The number of para-hydroxylation sites is 1. The van der Waals surface area contributed by atoms with Crippen molar-refractivity contribution in [3.05, 3.63) is 102 Å². The van der Waals surface area contributed by atoms with Gasteiger partial charge in [-0.3, -0.25) is 0 Å². The van der Waals surface area contributed by atoms with Gasteiger partial charge < -0.3 is 4.74 Å². The van der Waals surface area contributed by atoms with Gasteiger partial charge in [-0.2, -0.15) is 0 Å². The first-order valence-electron chi connectivity index (χ1n) is 8.45. The lowest BCUT2D eigenvalue weighted by atomic mass is 9.89. The fourth-order valence-electron chi connectivity index (χ4n) is 3.38. The van der Waals surface area contributed by atoms with Crippen molar-refractivity contribution < 1.29 is 4.74 Å². The predicted molar refractivity (Wildman–Crippen MR) is 100.0 cm³/mol. The minimum atomic E-state index is 0.722. The summed E-state index contributed by atoms with van der Waals surface area (Å²) in [5.41, 5.74) is 6.61. The average Bonchev–Trinajstić information content (AvgIpc) is 2.83. The topological polar surface area (TPSA) is 9.23 Å². The lowest BCUT2D eigenvalue weighted by Crippen LogP contribution is -1.97. The molecular weight excluding hydrogens is 292 g/mol. The van der Waals surface area contributed by atoms with E-state index in [1.54, 1.807) is 0 Å². The van der Waals surface area contributed by atoms with Crippen LogP contribution in [0.5, 0.6) is 5.75 Å². The molecule has 0 saturated carbocycles. The smallest absolute Gasteiger partial charge is 0.126 e. The van der Waals surface area contributed by atoms with Gasteiger partial charge in [-0.25, -0.2) is 0 Å². The summed E-state index contributed by atoms with van der Waals surface area (Å²) in [6.45, 7) is 0.722. The number of rotatable bonds is 3. The first-order chi connectivity index (χ1) is 11.9. The molecule has 0 bridgehead atoms. The molecule has 3 aromatic rings. The molecule has 118 valence electrons. The van der Waals surface area contributed by atoms with E-state index in [1.165, 1.54) is 27.8 Å². The van der Waals surface area contributed by atoms with Gasteiger partial charge in [-0.15, -0.1) is 0 Å². The van der Waals surface area contributed by atoms with Gasteiger partial charge in [0.1, 0.15) is 5.75 Å². The molecule has 0 spiro atoms. The van der Waals surface area contributed by atoms with Gasteiger partial charge >= 0.3 is 0 Å². The summed E-state index contributed by atoms with van der Waals surface area (Å²) >= 11 is 0. The standard InChI is InChI=1S/C23H20O/c1-3-9-18(10-4-1)17-22-20(19-11-5-2-6-12-19)15-16-24-23-14-8-7-13-21(22)23/h1-14H,15-17H2. The van der Waals surface area contributed by atoms with E-state index in [2.05, 4.69) is 78.9 Å². The molecule has 0 fully saturated rings. The molecule has 1 nitrogen and oxygen atoms in total. The maximum Gasteiger partial charge on any atom is 0.126 e. The number of fused-ring (bicyclic) bond motifs is 1. The molecule has 24 heavy (non-hydrogen) atoms. The number of allylic oxidation sites excluding steroid dienone is 1. The zero-order valence-corrected chi connectivity index (χ0v) is 13.6. The molecule has 3 aromatic carbocycles. The number of ether oxygens (including phenoxy) is 1. The lowest BCUT2D eigenvalue weighted by Gasteiger charge is -2.15. The molecule has 1 aliphatic rings. The SMILES string of the molecule is c1ccc(CC2=C(c3ccccc3)CCOc3ccccc32)cc1. The first-order valence-corrected chi connectivity index (χ1v) is 8.45. The van der Waals surface area contributed by atoms with Crippen molar-refractivity contribution in [2.75, 3.05) is 6.61 Å². The first kappa shape index (κ1) is 14.8. The molecule has 1 heteroatoms. The van der Waals surface area contributed by atoms with E-state index in [9.17, 15) is 0 Å². The van der Waals surface area contributed by atoms with Crippen LogP contribution in [0.25, 0.3) is 11.1 Å². The third kappa shape index (κ3) is 2.98. The van der Waals surface area contributed by atoms with Crippen LogP contribution in [0, 0.1) is 0 Å². The van der Waals surface area contributed by atoms with E-state index < -0.39 is 0 Å². The second-order valence-corrected chi connectivity index (χ2v) is 6.08. The molecule has 0 N–H and O–H groups in total. The van der Waals surface area contributed by atoms with Gasteiger partial charge in [0, 0.05) is 12.0 Å². The molecule has 0 unspecified atom stereocenters. The van der Waals surface area contributed by atoms with E-state index in [0.29, 0.717) is 0 Å². The maximum absolute atomic E-state index is 6.03. The van der Waals surface area contributed by atoms with Crippen molar-refractivity contribution in [1.29, 1.82) is 0 Å². The molecule has 0 amide bonds. The molecule has 0 radical (unpaired) electrons. The lowest BCUT2D eigenvalue weighted by molar-refractivity contribution is 0.328. The largest absolute Gasteiger partial charge is 0.493 e. The van der Waals surface area contributed by atoms with Gasteiger partial charge in [-0.05, 0) is 34.8 Å². The summed E-state index contributed by atoms with van der Waals surface area (Å²) in [4.78, 5) is 0. The normalized spacial score (nSPS) is 13.8. The predicted octanol–water partition coefficient (Wildman–Crippen LogP) is 5.62. The fraction of sp³-hybridized carbons (Fsp3) is 0.130. The van der Waals surface area contributed by atoms with Gasteiger partial charge in [0.2, 0.25) is 0 Å². The van der Waals surface area contributed by atoms with Crippen molar-refractivity contribution in [3.63, 3.8) is 0 Å². The van der Waals surface area contributed by atoms with Crippen LogP contribution in [-0.4, -0.2) is 6.61 Å². The summed E-state index contributed by atoms with van der Waals surface area (Å²) in [5.74, 6) is 0.995. The fourth-order valence-corrected chi connectivity index (χ4v) is 3.38. The third-order valence-electron chi connectivity index (χ3n) is 4.53. The second-order valence-electron chi connectivity index (χ2n) is 6.08. The Kier molecular flexibility index (Phi) is 4.16. The zero-order valence-electron chi connectivity index (χ0n) is 13.6. The number of benzene rings is 3. The Hall–Kier alpha value is -2.80. The highest BCUT2D eigenvalue weighted by Gasteiger charge is 2.19. The molecule has 1 heterocycles. The van der Waals surface area contributed by atoms with Crippen LogP contribution < -0.4 is 4.74 Å². The Morgan fingerprint density at radius 2 is 1.38 bits per heavy atom. The highest BCUT2D eigenvalue weighted by atomic mass is 16.5. The van der Waals surface area contributed by atoms with E-state index in [1.807, 2.05) is 6.07 Å². The maximum atomic E-state index is 6.03. The van der Waals surface area contributed by atoms with E-state index in [-0.39, 0.29) is 0 Å². The summed E-state index contributed by atoms with van der Waals surface area (Å²) < 4.78 is 6.03. The van der Waals surface area contributed by atoms with Gasteiger partial charge in [0.05, 0.1) is 6.61 Å². The molecule has 0 saturated heterocycles. The Morgan fingerprint density at radius 3 is 2.17 bits per heavy atom. The number of hydrogen-bond donors (Lipinski definition) is 0. The molecule has 0 aliphatic carbocycles. The minimum absolute atomic E-state index is 0.722. The molecule has 0 aromatic heterocycles. The highest BCUT2D eigenvalue weighted by Crippen LogP contribution is 2.38. The Bertz CT molecular complexity index is 847. The Morgan fingerprint density at radius 1 is 0.708 bits per heavy atom. The minimum Gasteiger partial charge on any atom is -0.493 e. The molecule has 0 atom stereocenters. The van der Waals surface area contributed by atoms with E-state index in [4.69, 9.17) is 4.74 Å². The van der Waals surface area contributed by atoms with E-state index >= 15 is 0 Å².